The number of rotatable bonds is 5. The van der Waals surface area contributed by atoms with Gasteiger partial charge in [-0.05, 0) is 92.7 Å². The highest BCUT2D eigenvalue weighted by Gasteiger charge is 2.30. The first-order valence-electron chi connectivity index (χ1n) is 9.76. The van der Waals surface area contributed by atoms with Crippen molar-refractivity contribution < 1.29 is 0 Å². The van der Waals surface area contributed by atoms with Crippen molar-refractivity contribution in [1.29, 1.82) is 0 Å². The Morgan fingerprint density at radius 2 is 1.46 bits per heavy atom. The smallest absolute Gasteiger partial charge is 0.0175 e. The summed E-state index contributed by atoms with van der Waals surface area (Å²) in [5.74, 6) is 3.72. The molecule has 0 spiro atoms. The van der Waals surface area contributed by atoms with E-state index in [0.717, 1.165) is 23.7 Å². The van der Waals surface area contributed by atoms with Crippen molar-refractivity contribution in [2.75, 3.05) is 0 Å². The average Bonchev–Trinajstić information content (AvgIpc) is 2.63. The normalized spacial score (nSPS) is 31.4. The Morgan fingerprint density at radius 3 is 2.04 bits per heavy atom. The minimum atomic E-state index is 0.751. The maximum Gasteiger partial charge on any atom is 0.0175 e. The monoisotopic (exact) mass is 408 g/mol. The first-order chi connectivity index (χ1) is 11.7. The molecule has 0 radical (unpaired) electrons. The van der Waals surface area contributed by atoms with Crippen molar-refractivity contribution in [3.05, 3.63) is 45.9 Å². The molecule has 0 nitrogen and oxygen atoms in total. The first-order valence-corrected chi connectivity index (χ1v) is 11.0. The lowest BCUT2D eigenvalue weighted by atomic mass is 9.68. The summed E-state index contributed by atoms with van der Waals surface area (Å²) < 4.78 is 1.18. The second kappa shape index (κ2) is 9.43. The fraction of sp³-hybridized carbons (Fsp3) is 0.636. The predicted octanol–water partition coefficient (Wildman–Crippen LogP) is 7.75. The molecule has 0 heterocycles. The quantitative estimate of drug-likeness (QED) is 0.466. The highest BCUT2D eigenvalue weighted by molar-refractivity contribution is 9.10. The summed E-state index contributed by atoms with van der Waals surface area (Å²) in [6.07, 6.45) is 16.3. The van der Waals surface area contributed by atoms with Crippen molar-refractivity contribution in [3.8, 4) is 0 Å². The van der Waals surface area contributed by atoms with Gasteiger partial charge in [0.1, 0.15) is 0 Å². The van der Waals surface area contributed by atoms with Gasteiger partial charge < -0.3 is 0 Å². The van der Waals surface area contributed by atoms with Gasteiger partial charge in [-0.15, -0.1) is 0 Å². The molecule has 1 aromatic rings. The largest absolute Gasteiger partial charge is 0.0933 e. The van der Waals surface area contributed by atoms with E-state index >= 15 is 0 Å². The molecule has 2 fully saturated rings. The Balaban J connectivity index is 1.37. The van der Waals surface area contributed by atoms with Crippen LogP contribution in [0.3, 0.4) is 0 Å². The molecule has 24 heavy (non-hydrogen) atoms. The zero-order valence-corrected chi connectivity index (χ0v) is 16.9. The Hall–Kier alpha value is -0.270. The van der Waals surface area contributed by atoms with Gasteiger partial charge in [0.2, 0.25) is 0 Å². The van der Waals surface area contributed by atoms with Gasteiger partial charge in [-0.1, -0.05) is 58.6 Å². The fourth-order valence-electron chi connectivity index (χ4n) is 4.88. The van der Waals surface area contributed by atoms with Gasteiger partial charge in [0.05, 0.1) is 0 Å². The van der Waals surface area contributed by atoms with E-state index in [2.05, 4.69) is 46.3 Å². The van der Waals surface area contributed by atoms with Gasteiger partial charge in [0.25, 0.3) is 0 Å². The maximum absolute atomic E-state index is 5.73. The summed E-state index contributed by atoms with van der Waals surface area (Å²) in [7, 11) is 0. The molecule has 0 aliphatic heterocycles. The highest BCUT2D eigenvalue weighted by Crippen LogP contribution is 2.42. The second-order valence-corrected chi connectivity index (χ2v) is 9.11. The molecule has 0 amide bonds. The van der Waals surface area contributed by atoms with Crippen molar-refractivity contribution in [3.63, 3.8) is 0 Å². The molecule has 0 bridgehead atoms. The first kappa shape index (κ1) is 18.5. The zero-order valence-electron chi connectivity index (χ0n) is 14.6. The van der Waals surface area contributed by atoms with Gasteiger partial charge in [-0.3, -0.25) is 0 Å². The Bertz CT molecular complexity index is 505. The molecule has 132 valence electrons. The van der Waals surface area contributed by atoms with Gasteiger partial charge in [-0.2, -0.15) is 0 Å². The van der Waals surface area contributed by atoms with Crippen molar-refractivity contribution in [2.45, 2.75) is 64.2 Å². The van der Waals surface area contributed by atoms with Crippen LogP contribution in [0.1, 0.15) is 63.4 Å². The Morgan fingerprint density at radius 1 is 0.875 bits per heavy atom. The second-order valence-electron chi connectivity index (χ2n) is 7.94. The predicted molar refractivity (Wildman–Crippen MR) is 108 cm³/mol. The molecule has 0 aromatic heterocycles. The van der Waals surface area contributed by atoms with E-state index in [1.54, 1.807) is 5.54 Å². The Labute approximate surface area is 161 Å². The third-order valence-electron chi connectivity index (χ3n) is 6.47. The lowest BCUT2D eigenvalue weighted by molar-refractivity contribution is 0.153. The van der Waals surface area contributed by atoms with Crippen LogP contribution in [0.2, 0.25) is 0 Å². The number of halogens is 2. The van der Waals surface area contributed by atoms with Crippen LogP contribution >= 0.6 is 27.5 Å². The average molecular weight is 410 g/mol. The van der Waals surface area contributed by atoms with E-state index in [0.29, 0.717) is 0 Å². The standard InChI is InChI=1S/C22H30BrCl/c23-22-13-7-18(8-14-22)2-1-17-3-9-20(10-4-17)21-11-5-19(6-12-21)15-16-24/h7-8,13-17,19-21H,1-6,9-12H2. The van der Waals surface area contributed by atoms with E-state index in [1.165, 1.54) is 74.2 Å². The van der Waals surface area contributed by atoms with Crippen LogP contribution in [-0.2, 0) is 6.42 Å². The van der Waals surface area contributed by atoms with Gasteiger partial charge >= 0.3 is 0 Å². The van der Waals surface area contributed by atoms with Crippen LogP contribution in [0.15, 0.2) is 40.3 Å². The fourth-order valence-corrected chi connectivity index (χ4v) is 5.35. The number of hydrogen-bond donors (Lipinski definition) is 0. The van der Waals surface area contributed by atoms with Crippen molar-refractivity contribution in [1.82, 2.24) is 0 Å². The van der Waals surface area contributed by atoms with E-state index in [9.17, 15) is 0 Å². The van der Waals surface area contributed by atoms with Crippen molar-refractivity contribution in [2.24, 2.45) is 23.7 Å². The lowest BCUT2D eigenvalue weighted by Crippen LogP contribution is -2.25. The lowest BCUT2D eigenvalue weighted by Gasteiger charge is -2.37. The van der Waals surface area contributed by atoms with Gasteiger partial charge in [-0.25, -0.2) is 0 Å². The van der Waals surface area contributed by atoms with Crippen LogP contribution in [-0.4, -0.2) is 0 Å². The third kappa shape index (κ3) is 5.36. The van der Waals surface area contributed by atoms with E-state index in [4.69, 9.17) is 11.6 Å². The molecular weight excluding hydrogens is 380 g/mol. The molecule has 2 aliphatic carbocycles. The zero-order chi connectivity index (χ0) is 16.8. The SMILES string of the molecule is ClC=CC1CCC(C2CCC(CCc3ccc(Br)cc3)CC2)CC1. The summed E-state index contributed by atoms with van der Waals surface area (Å²) in [4.78, 5) is 0. The molecule has 3 rings (SSSR count). The molecule has 1 aromatic carbocycles. The molecule has 0 saturated heterocycles. The number of benzene rings is 1. The molecule has 0 N–H and O–H groups in total. The molecule has 2 heteroatoms. The van der Waals surface area contributed by atoms with Crippen molar-refractivity contribution >= 4 is 27.5 Å². The molecule has 2 aliphatic rings. The molecular formula is C22H30BrCl. The van der Waals surface area contributed by atoms with Crippen LogP contribution in [0.4, 0.5) is 0 Å². The Kier molecular flexibility index (Phi) is 7.28. The van der Waals surface area contributed by atoms with Crippen LogP contribution < -0.4 is 0 Å². The van der Waals surface area contributed by atoms with E-state index in [1.807, 2.05) is 0 Å². The van der Waals surface area contributed by atoms with Gasteiger partial charge in [0, 0.05) is 10.0 Å². The van der Waals surface area contributed by atoms with Crippen LogP contribution in [0.5, 0.6) is 0 Å². The number of allylic oxidation sites excluding steroid dienone is 1. The molecule has 0 atom stereocenters. The topological polar surface area (TPSA) is 0 Å². The van der Waals surface area contributed by atoms with Crippen LogP contribution in [0, 0.1) is 23.7 Å². The summed E-state index contributed by atoms with van der Waals surface area (Å²) >= 11 is 9.25. The molecule has 0 unspecified atom stereocenters. The summed E-state index contributed by atoms with van der Waals surface area (Å²) in [6.45, 7) is 0. The van der Waals surface area contributed by atoms with E-state index < -0.39 is 0 Å². The van der Waals surface area contributed by atoms with Crippen LogP contribution in [0.25, 0.3) is 0 Å². The minimum Gasteiger partial charge on any atom is -0.0933 e. The highest BCUT2D eigenvalue weighted by atomic mass is 79.9. The summed E-state index contributed by atoms with van der Waals surface area (Å²) in [6, 6.07) is 8.87. The van der Waals surface area contributed by atoms with Gasteiger partial charge in [0.15, 0.2) is 0 Å². The maximum atomic E-state index is 5.73. The minimum absolute atomic E-state index is 0.751. The van der Waals surface area contributed by atoms with E-state index in [-0.39, 0.29) is 0 Å². The third-order valence-corrected chi connectivity index (χ3v) is 7.15. The number of hydrogen-bond acceptors (Lipinski definition) is 0. The summed E-state index contributed by atoms with van der Waals surface area (Å²) in [5, 5.41) is 0. The summed E-state index contributed by atoms with van der Waals surface area (Å²) in [5.41, 5.74) is 3.22. The number of aryl methyl sites for hydroxylation is 1. The molecule has 2 saturated carbocycles.